The summed E-state index contributed by atoms with van der Waals surface area (Å²) in [6, 6.07) is 17.3. The van der Waals surface area contributed by atoms with Crippen LogP contribution in [0.25, 0.3) is 22.2 Å². The van der Waals surface area contributed by atoms with Gasteiger partial charge in [0.15, 0.2) is 0 Å². The molecule has 0 saturated carbocycles. The summed E-state index contributed by atoms with van der Waals surface area (Å²) in [6.45, 7) is 1.06. The molecule has 2 aromatic heterocycles. The van der Waals surface area contributed by atoms with E-state index in [0.717, 1.165) is 28.0 Å². The lowest BCUT2D eigenvalue weighted by Crippen LogP contribution is -2.12. The summed E-state index contributed by atoms with van der Waals surface area (Å²) < 4.78 is 5.69. The largest absolute Gasteiger partial charge is 0.475 e. The van der Waals surface area contributed by atoms with Gasteiger partial charge in [0.1, 0.15) is 18.8 Å². The van der Waals surface area contributed by atoms with Crippen molar-refractivity contribution < 1.29 is 4.74 Å². The van der Waals surface area contributed by atoms with Crippen molar-refractivity contribution >= 4 is 28.3 Å². The molecule has 4 rings (SSSR count). The number of fused-ring (bicyclic) bond motifs is 1. The number of halogens is 1. The van der Waals surface area contributed by atoms with Crippen molar-refractivity contribution in [2.75, 3.05) is 18.5 Å². The van der Waals surface area contributed by atoms with Gasteiger partial charge in [0.2, 0.25) is 5.88 Å². The van der Waals surface area contributed by atoms with E-state index < -0.39 is 0 Å². The zero-order valence-electron chi connectivity index (χ0n) is 13.8. The first-order valence-electron chi connectivity index (χ1n) is 8.17. The number of aromatic nitrogens is 4. The van der Waals surface area contributed by atoms with Gasteiger partial charge in [0.05, 0.1) is 17.8 Å². The van der Waals surface area contributed by atoms with E-state index in [1.165, 1.54) is 0 Å². The molecular formula is C19H16ClN5O. The fraction of sp³-hybridized carbons (Fsp3) is 0.105. The van der Waals surface area contributed by atoms with E-state index in [1.54, 1.807) is 6.33 Å². The Kier molecular flexibility index (Phi) is 4.66. The molecule has 0 atom stereocenters. The number of rotatable bonds is 6. The van der Waals surface area contributed by atoms with E-state index in [2.05, 4.69) is 25.5 Å². The van der Waals surface area contributed by atoms with E-state index in [0.29, 0.717) is 24.1 Å². The highest BCUT2D eigenvalue weighted by Gasteiger charge is 2.05. The number of hydrogen-bond donors (Lipinski definition) is 2. The molecule has 0 unspecified atom stereocenters. The van der Waals surface area contributed by atoms with Gasteiger partial charge in [-0.05, 0) is 29.8 Å². The molecule has 0 aliphatic heterocycles. The van der Waals surface area contributed by atoms with Crippen molar-refractivity contribution in [2.45, 2.75) is 0 Å². The maximum atomic E-state index is 5.91. The second-order valence-electron chi connectivity index (χ2n) is 5.64. The predicted octanol–water partition coefficient (Wildman–Crippen LogP) is 4.16. The molecular weight excluding hydrogens is 350 g/mol. The van der Waals surface area contributed by atoms with E-state index >= 15 is 0 Å². The van der Waals surface area contributed by atoms with Crippen LogP contribution >= 0.6 is 11.6 Å². The molecule has 130 valence electrons. The number of nitrogens with zero attached hydrogens (tertiary/aromatic N) is 3. The highest BCUT2D eigenvalue weighted by Crippen LogP contribution is 2.22. The Bertz CT molecular complexity index is 1010. The quantitative estimate of drug-likeness (QED) is 0.502. The van der Waals surface area contributed by atoms with Crippen LogP contribution in [0, 0.1) is 0 Å². The van der Waals surface area contributed by atoms with E-state index in [1.807, 2.05) is 54.6 Å². The first kappa shape index (κ1) is 16.4. The summed E-state index contributed by atoms with van der Waals surface area (Å²) in [7, 11) is 0. The molecule has 0 amide bonds. The Hall–Kier alpha value is -3.12. The first-order valence-corrected chi connectivity index (χ1v) is 8.55. The molecule has 0 radical (unpaired) electrons. The van der Waals surface area contributed by atoms with Crippen molar-refractivity contribution in [1.82, 2.24) is 20.2 Å². The lowest BCUT2D eigenvalue weighted by molar-refractivity contribution is 0.319. The highest BCUT2D eigenvalue weighted by molar-refractivity contribution is 6.30. The predicted molar refractivity (Wildman–Crippen MR) is 103 cm³/mol. The van der Waals surface area contributed by atoms with Gasteiger partial charge < -0.3 is 10.1 Å². The lowest BCUT2D eigenvalue weighted by Gasteiger charge is -2.08. The van der Waals surface area contributed by atoms with Gasteiger partial charge >= 0.3 is 0 Å². The van der Waals surface area contributed by atoms with Crippen LogP contribution in [0.2, 0.25) is 5.02 Å². The Morgan fingerprint density at radius 2 is 1.88 bits per heavy atom. The van der Waals surface area contributed by atoms with Crippen LogP contribution in [0.5, 0.6) is 5.88 Å². The third kappa shape index (κ3) is 3.60. The van der Waals surface area contributed by atoms with Gasteiger partial charge in [0.25, 0.3) is 0 Å². The SMILES string of the molecule is Clc1ccc(-c2cc(OCCNc3ncnc4ccccc34)n[nH]2)cc1. The Morgan fingerprint density at radius 3 is 2.77 bits per heavy atom. The number of benzene rings is 2. The minimum absolute atomic E-state index is 0.462. The number of nitrogens with one attached hydrogen (secondary N) is 2. The molecule has 0 fully saturated rings. The summed E-state index contributed by atoms with van der Waals surface area (Å²) in [4.78, 5) is 8.54. The normalized spacial score (nSPS) is 10.8. The number of H-pyrrole nitrogens is 1. The number of ether oxygens (including phenoxy) is 1. The minimum atomic E-state index is 0.462. The zero-order valence-corrected chi connectivity index (χ0v) is 14.6. The number of hydrogen-bond acceptors (Lipinski definition) is 5. The van der Waals surface area contributed by atoms with Crippen molar-refractivity contribution in [3.8, 4) is 17.1 Å². The van der Waals surface area contributed by atoms with Crippen LogP contribution in [-0.2, 0) is 0 Å². The second kappa shape index (κ2) is 7.41. The van der Waals surface area contributed by atoms with Crippen LogP contribution in [0.15, 0.2) is 60.9 Å². The zero-order chi connectivity index (χ0) is 17.8. The summed E-state index contributed by atoms with van der Waals surface area (Å²) in [6.07, 6.45) is 1.55. The molecule has 26 heavy (non-hydrogen) atoms. The molecule has 0 aliphatic rings. The minimum Gasteiger partial charge on any atom is -0.475 e. The first-order chi connectivity index (χ1) is 12.8. The standard InChI is InChI=1S/C19H16ClN5O/c20-14-7-5-13(6-8-14)17-11-18(25-24-17)26-10-9-21-19-15-3-1-2-4-16(15)22-12-23-19/h1-8,11-12H,9-10H2,(H,24,25)(H,21,22,23). The molecule has 7 heteroatoms. The smallest absolute Gasteiger partial charge is 0.233 e. The maximum absolute atomic E-state index is 5.91. The molecule has 2 aromatic carbocycles. The van der Waals surface area contributed by atoms with E-state index in [-0.39, 0.29) is 0 Å². The molecule has 4 aromatic rings. The number of anilines is 1. The Morgan fingerprint density at radius 1 is 1.04 bits per heavy atom. The molecule has 0 bridgehead atoms. The average Bonchev–Trinajstić information content (AvgIpc) is 3.15. The van der Waals surface area contributed by atoms with Crippen molar-refractivity contribution in [3.63, 3.8) is 0 Å². The monoisotopic (exact) mass is 365 g/mol. The molecule has 0 spiro atoms. The number of para-hydroxylation sites is 1. The molecule has 6 nitrogen and oxygen atoms in total. The molecule has 2 heterocycles. The Labute approximate surface area is 155 Å². The summed E-state index contributed by atoms with van der Waals surface area (Å²) in [5.74, 6) is 1.34. The van der Waals surface area contributed by atoms with Crippen LogP contribution in [0.1, 0.15) is 0 Å². The third-order valence-corrected chi connectivity index (χ3v) is 4.15. The van der Waals surface area contributed by atoms with Gasteiger partial charge in [-0.1, -0.05) is 35.9 Å². The van der Waals surface area contributed by atoms with E-state index in [4.69, 9.17) is 16.3 Å². The molecule has 0 saturated heterocycles. The summed E-state index contributed by atoms with van der Waals surface area (Å²) in [5.41, 5.74) is 2.79. The fourth-order valence-corrected chi connectivity index (χ4v) is 2.75. The van der Waals surface area contributed by atoms with Gasteiger partial charge in [-0.25, -0.2) is 9.97 Å². The van der Waals surface area contributed by atoms with Crippen LogP contribution in [-0.4, -0.2) is 33.3 Å². The number of aromatic amines is 1. The van der Waals surface area contributed by atoms with Crippen LogP contribution in [0.4, 0.5) is 5.82 Å². The summed E-state index contributed by atoms with van der Waals surface area (Å²) >= 11 is 5.91. The van der Waals surface area contributed by atoms with Crippen LogP contribution < -0.4 is 10.1 Å². The van der Waals surface area contributed by atoms with E-state index in [9.17, 15) is 0 Å². The topological polar surface area (TPSA) is 75.7 Å². The van der Waals surface area contributed by atoms with Gasteiger partial charge in [-0.2, -0.15) is 0 Å². The van der Waals surface area contributed by atoms with Gasteiger partial charge in [0, 0.05) is 16.5 Å². The van der Waals surface area contributed by atoms with Gasteiger partial charge in [-0.15, -0.1) is 5.10 Å². The van der Waals surface area contributed by atoms with Crippen LogP contribution in [0.3, 0.4) is 0 Å². The molecule has 0 aliphatic carbocycles. The lowest BCUT2D eigenvalue weighted by atomic mass is 10.2. The fourth-order valence-electron chi connectivity index (χ4n) is 2.63. The Balaban J connectivity index is 1.34. The van der Waals surface area contributed by atoms with Gasteiger partial charge in [-0.3, -0.25) is 5.10 Å². The third-order valence-electron chi connectivity index (χ3n) is 3.90. The average molecular weight is 366 g/mol. The molecule has 2 N–H and O–H groups in total. The summed E-state index contributed by atoms with van der Waals surface area (Å²) in [5, 5.41) is 12.1. The second-order valence-corrected chi connectivity index (χ2v) is 6.08. The van der Waals surface area contributed by atoms with Crippen molar-refractivity contribution in [2.24, 2.45) is 0 Å². The van der Waals surface area contributed by atoms with Crippen molar-refractivity contribution in [1.29, 1.82) is 0 Å². The van der Waals surface area contributed by atoms with Crippen molar-refractivity contribution in [3.05, 3.63) is 65.9 Å². The highest BCUT2D eigenvalue weighted by atomic mass is 35.5. The maximum Gasteiger partial charge on any atom is 0.233 e.